The van der Waals surface area contributed by atoms with Crippen molar-refractivity contribution in [3.05, 3.63) is 57.9 Å². The number of nitrogens with two attached hydrogens (primary N) is 1. The number of fused-ring (bicyclic) bond motifs is 1. The van der Waals surface area contributed by atoms with Gasteiger partial charge in [-0.3, -0.25) is 14.5 Å². The van der Waals surface area contributed by atoms with Gasteiger partial charge in [-0.1, -0.05) is 0 Å². The van der Waals surface area contributed by atoms with Crippen molar-refractivity contribution >= 4 is 40.4 Å². The van der Waals surface area contributed by atoms with E-state index in [4.69, 9.17) is 15.2 Å². The van der Waals surface area contributed by atoms with E-state index in [9.17, 15) is 28.7 Å². The highest BCUT2D eigenvalue weighted by molar-refractivity contribution is 5.92. The maximum atomic E-state index is 15.2. The van der Waals surface area contributed by atoms with Gasteiger partial charge in [0, 0.05) is 37.3 Å². The lowest BCUT2D eigenvalue weighted by Crippen LogP contribution is -2.43. The van der Waals surface area contributed by atoms with Crippen LogP contribution in [0, 0.1) is 17.6 Å². The molecule has 1 aliphatic carbocycles. The molecule has 3 atom stereocenters. The second-order valence-electron chi connectivity index (χ2n) is 11.2. The van der Waals surface area contributed by atoms with E-state index in [1.165, 1.54) is 30.2 Å². The highest BCUT2D eigenvalue weighted by atomic mass is 19.1. The summed E-state index contributed by atoms with van der Waals surface area (Å²) in [6.07, 6.45) is 1.95. The Kier molecular flexibility index (Phi) is 7.24. The summed E-state index contributed by atoms with van der Waals surface area (Å²) in [5.74, 6) is -3.18. The van der Waals surface area contributed by atoms with Gasteiger partial charge in [-0.05, 0) is 44.4 Å². The third kappa shape index (κ3) is 5.38. The van der Waals surface area contributed by atoms with Crippen LogP contribution in [-0.4, -0.2) is 70.9 Å². The Morgan fingerprint density at radius 2 is 1.93 bits per heavy atom. The topological polar surface area (TPSA) is 157 Å². The summed E-state index contributed by atoms with van der Waals surface area (Å²) in [4.78, 5) is 55.5. The number of nitrogens with zero attached hydrogens (tertiary/aromatic N) is 4. The molecule has 1 aromatic carbocycles. The monoisotopic (exact) mass is 597 g/mol. The summed E-state index contributed by atoms with van der Waals surface area (Å²) < 4.78 is 42.7. The number of carboxylic acids is 1. The zero-order valence-corrected chi connectivity index (χ0v) is 23.2. The largest absolute Gasteiger partial charge is 0.490 e. The number of pyridine rings is 2. The number of anilines is 2. The number of rotatable bonds is 9. The Bertz CT molecular complexity index is 1710. The predicted molar refractivity (Wildman–Crippen MR) is 150 cm³/mol. The number of ketones is 1. The number of carbonyl (C=O) groups excluding carboxylic acids is 2. The molecule has 3 fully saturated rings. The average Bonchev–Trinajstić information content (AvgIpc) is 3.57. The maximum Gasteiger partial charge on any atom is 0.414 e. The molecule has 1 saturated carbocycles. The zero-order valence-electron chi connectivity index (χ0n) is 23.2. The molecule has 4 heterocycles. The molecule has 43 heavy (non-hydrogen) atoms. The maximum absolute atomic E-state index is 15.2. The highest BCUT2D eigenvalue weighted by Gasteiger charge is 2.38. The minimum Gasteiger partial charge on any atom is -0.490 e. The Balaban J connectivity index is 1.13. The van der Waals surface area contributed by atoms with Gasteiger partial charge >= 0.3 is 12.1 Å². The highest BCUT2D eigenvalue weighted by Crippen LogP contribution is 2.37. The van der Waals surface area contributed by atoms with Gasteiger partial charge in [-0.15, -0.1) is 0 Å². The van der Waals surface area contributed by atoms with Crippen molar-refractivity contribution in [3.8, 4) is 5.75 Å². The second kappa shape index (κ2) is 10.9. The van der Waals surface area contributed by atoms with Crippen LogP contribution < -0.4 is 25.7 Å². The Labute approximate surface area is 243 Å². The molecular weight excluding hydrogens is 568 g/mol. The molecule has 226 valence electrons. The van der Waals surface area contributed by atoms with E-state index in [0.29, 0.717) is 19.5 Å². The van der Waals surface area contributed by atoms with Crippen LogP contribution in [-0.2, 0) is 9.53 Å². The van der Waals surface area contributed by atoms with Crippen LogP contribution in [0.15, 0.2) is 35.3 Å². The van der Waals surface area contributed by atoms with Crippen molar-refractivity contribution < 1.29 is 37.7 Å². The van der Waals surface area contributed by atoms with E-state index >= 15 is 4.39 Å². The summed E-state index contributed by atoms with van der Waals surface area (Å²) in [5.41, 5.74) is 5.07. The van der Waals surface area contributed by atoms with Crippen LogP contribution in [0.4, 0.5) is 25.1 Å². The number of aromatic nitrogens is 2. The molecule has 2 aromatic heterocycles. The van der Waals surface area contributed by atoms with E-state index in [2.05, 4.69) is 4.98 Å². The van der Waals surface area contributed by atoms with E-state index < -0.39 is 46.8 Å². The molecule has 3 aromatic rings. The van der Waals surface area contributed by atoms with Crippen molar-refractivity contribution in [1.29, 1.82) is 0 Å². The molecular formula is C29H29F2N5O7. The number of hydrogen-bond donors (Lipinski definition) is 2. The lowest BCUT2D eigenvalue weighted by atomic mass is 10.1. The molecule has 1 amide bonds. The Morgan fingerprint density at radius 3 is 2.60 bits per heavy atom. The van der Waals surface area contributed by atoms with Gasteiger partial charge in [-0.2, -0.15) is 0 Å². The van der Waals surface area contributed by atoms with Gasteiger partial charge in [-0.25, -0.2) is 23.4 Å². The van der Waals surface area contributed by atoms with E-state index in [1.54, 1.807) is 9.47 Å². The van der Waals surface area contributed by atoms with Crippen LogP contribution in [0.25, 0.3) is 11.0 Å². The first-order valence-electron chi connectivity index (χ1n) is 13.9. The van der Waals surface area contributed by atoms with Crippen molar-refractivity contribution in [1.82, 2.24) is 9.55 Å². The Morgan fingerprint density at radius 1 is 1.16 bits per heavy atom. The number of Topliss-reactive ketones (excluding diaryl/α,β-unsaturated/α-hetero) is 1. The first kappa shape index (κ1) is 28.5. The first-order chi connectivity index (χ1) is 20.5. The molecule has 0 radical (unpaired) electrons. The lowest BCUT2D eigenvalue weighted by molar-refractivity contribution is -0.120. The summed E-state index contributed by atoms with van der Waals surface area (Å²) in [7, 11) is 0. The van der Waals surface area contributed by atoms with E-state index in [0.717, 1.165) is 25.0 Å². The van der Waals surface area contributed by atoms with Gasteiger partial charge in [0.1, 0.15) is 29.1 Å². The van der Waals surface area contributed by atoms with Gasteiger partial charge in [0.2, 0.25) is 5.43 Å². The quantitative estimate of drug-likeness (QED) is 0.376. The van der Waals surface area contributed by atoms with Crippen LogP contribution in [0.3, 0.4) is 0 Å². The fourth-order valence-electron chi connectivity index (χ4n) is 5.53. The lowest BCUT2D eigenvalue weighted by Gasteiger charge is -2.20. The number of amides is 1. The molecule has 14 heteroatoms. The van der Waals surface area contributed by atoms with Gasteiger partial charge < -0.3 is 29.8 Å². The third-order valence-electron chi connectivity index (χ3n) is 8.10. The molecule has 0 bridgehead atoms. The number of aromatic carboxylic acids is 1. The molecule has 0 spiro atoms. The summed E-state index contributed by atoms with van der Waals surface area (Å²) in [5, 5.41) is 9.36. The minimum atomic E-state index is -1.37. The second-order valence-corrected chi connectivity index (χ2v) is 11.2. The van der Waals surface area contributed by atoms with Crippen molar-refractivity contribution in [2.24, 2.45) is 11.7 Å². The summed E-state index contributed by atoms with van der Waals surface area (Å²) in [6.45, 7) is 2.27. The van der Waals surface area contributed by atoms with Gasteiger partial charge in [0.15, 0.2) is 23.2 Å². The molecule has 3 aliphatic rings. The number of carbonyl (C=O) groups is 3. The number of ether oxygens (including phenoxy) is 2. The van der Waals surface area contributed by atoms with E-state index in [1.807, 2.05) is 0 Å². The van der Waals surface area contributed by atoms with Crippen LogP contribution in [0.5, 0.6) is 5.75 Å². The number of cyclic esters (lactones) is 1. The fourth-order valence-corrected chi connectivity index (χ4v) is 5.53. The van der Waals surface area contributed by atoms with Crippen LogP contribution in [0.1, 0.15) is 42.6 Å². The van der Waals surface area contributed by atoms with Crippen molar-refractivity contribution in [3.63, 3.8) is 0 Å². The fraction of sp³-hybridized carbons (Fsp3) is 0.414. The summed E-state index contributed by atoms with van der Waals surface area (Å²) in [6, 6.07) is 4.13. The van der Waals surface area contributed by atoms with Gasteiger partial charge in [0.05, 0.1) is 24.2 Å². The normalized spacial score (nSPS) is 20.9. The molecule has 2 saturated heterocycles. The van der Waals surface area contributed by atoms with Crippen LogP contribution >= 0.6 is 0 Å². The molecule has 6 rings (SSSR count). The average molecular weight is 598 g/mol. The van der Waals surface area contributed by atoms with E-state index in [-0.39, 0.29) is 59.2 Å². The minimum absolute atomic E-state index is 0.00341. The molecule has 3 N–H and O–H groups in total. The smallest absolute Gasteiger partial charge is 0.414 e. The molecule has 12 nitrogen and oxygen atoms in total. The zero-order chi connectivity index (χ0) is 30.6. The number of hydrogen-bond acceptors (Lipinski definition) is 9. The predicted octanol–water partition coefficient (Wildman–Crippen LogP) is 2.85. The van der Waals surface area contributed by atoms with Crippen molar-refractivity contribution in [2.45, 2.75) is 44.4 Å². The first-order valence-corrected chi connectivity index (χ1v) is 13.9. The van der Waals surface area contributed by atoms with Crippen LogP contribution in [0.2, 0.25) is 0 Å². The third-order valence-corrected chi connectivity index (χ3v) is 8.10. The van der Waals surface area contributed by atoms with Crippen molar-refractivity contribution in [2.75, 3.05) is 36.0 Å². The molecule has 1 unspecified atom stereocenters. The number of halogens is 2. The summed E-state index contributed by atoms with van der Waals surface area (Å²) >= 11 is 0. The Hall–Kier alpha value is -4.59. The number of carboxylic acid groups (broad SMARTS) is 1. The standard InChI is InChI=1S/C29H29F2N5O7/c1-14(37)24(32)23-12-36(29(41)43-23)17-4-5-22(20(30)8-17)42-13-15-6-7-34(10-15)27-21(31)9-18-25(38)19(28(39)40)11-35(16-2-3-16)26(18)33-27/h4-5,8-9,11,15-16,23-24H,2-3,6-7,10,12-13,32H2,1H3,(H,39,40)/t15?,23-,24+/m0/s1. The molecule has 2 aliphatic heterocycles. The van der Waals surface area contributed by atoms with Gasteiger partial charge in [0.25, 0.3) is 0 Å². The number of benzene rings is 1. The SMILES string of the molecule is CC(=O)[C@@H](N)[C@@H]1CN(c2ccc(OCC3CCN(c4nc5c(cc4F)c(=O)c(C(=O)O)cn5C4CC4)C3)c(F)c2)C(=O)O1.